The number of fused-ring (bicyclic) bond motifs is 1. The van der Waals surface area contributed by atoms with Crippen molar-refractivity contribution in [2.75, 3.05) is 5.32 Å². The molecule has 0 aliphatic carbocycles. The van der Waals surface area contributed by atoms with E-state index < -0.39 is 0 Å². The average Bonchev–Trinajstić information content (AvgIpc) is 3.27. The summed E-state index contributed by atoms with van der Waals surface area (Å²) in [6.45, 7) is 1.81. The van der Waals surface area contributed by atoms with Gasteiger partial charge in [0.25, 0.3) is 0 Å². The Morgan fingerprint density at radius 1 is 1.29 bits per heavy atom. The molecule has 7 heteroatoms. The number of carbonyl (C=O) groups is 1. The molecule has 0 aliphatic heterocycles. The largest absolute Gasteiger partial charge is 0.441 e. The topological polar surface area (TPSA) is 83.8 Å². The van der Waals surface area contributed by atoms with Gasteiger partial charge in [-0.1, -0.05) is 12.1 Å². The summed E-state index contributed by atoms with van der Waals surface area (Å²) in [5, 5.41) is 6.69. The lowest BCUT2D eigenvalue weighted by atomic mass is 10.2. The molecule has 120 valence electrons. The van der Waals surface area contributed by atoms with Crippen molar-refractivity contribution in [3.05, 3.63) is 52.5 Å². The molecule has 3 heterocycles. The Labute approximate surface area is 141 Å². The lowest BCUT2D eigenvalue weighted by molar-refractivity contribution is -0.115. The molecule has 0 atom stereocenters. The Morgan fingerprint density at radius 2 is 2.17 bits per heavy atom. The second-order valence-electron chi connectivity index (χ2n) is 5.36. The zero-order chi connectivity index (χ0) is 16.5. The third kappa shape index (κ3) is 2.81. The van der Waals surface area contributed by atoms with Crippen molar-refractivity contribution in [1.29, 1.82) is 0 Å². The van der Waals surface area contributed by atoms with E-state index in [1.54, 1.807) is 11.3 Å². The van der Waals surface area contributed by atoms with E-state index >= 15 is 0 Å². The number of hydrogen-bond acceptors (Lipinski definition) is 5. The fourth-order valence-corrected chi connectivity index (χ4v) is 3.07. The Kier molecular flexibility index (Phi) is 3.62. The van der Waals surface area contributed by atoms with Crippen LogP contribution in [0.1, 0.15) is 11.5 Å². The van der Waals surface area contributed by atoms with Gasteiger partial charge in [0.1, 0.15) is 5.76 Å². The molecule has 3 aromatic heterocycles. The maximum absolute atomic E-state index is 12.3. The van der Waals surface area contributed by atoms with Gasteiger partial charge in [-0.05, 0) is 30.5 Å². The van der Waals surface area contributed by atoms with E-state index in [4.69, 9.17) is 4.42 Å². The molecular weight excluding hydrogens is 324 g/mol. The van der Waals surface area contributed by atoms with Gasteiger partial charge in [-0.25, -0.2) is 9.97 Å². The molecule has 0 saturated heterocycles. The molecule has 4 aromatic rings. The second kappa shape index (κ2) is 5.93. The van der Waals surface area contributed by atoms with Crippen molar-refractivity contribution in [3.8, 4) is 11.5 Å². The summed E-state index contributed by atoms with van der Waals surface area (Å²) < 4.78 is 5.65. The number of nitrogens with zero attached hydrogens (tertiary/aromatic N) is 2. The van der Waals surface area contributed by atoms with Gasteiger partial charge in [0.2, 0.25) is 17.7 Å². The van der Waals surface area contributed by atoms with Gasteiger partial charge >= 0.3 is 0 Å². The van der Waals surface area contributed by atoms with Crippen molar-refractivity contribution in [2.45, 2.75) is 13.3 Å². The smallest absolute Gasteiger partial charge is 0.232 e. The number of amides is 1. The Morgan fingerprint density at radius 3 is 2.96 bits per heavy atom. The normalized spacial score (nSPS) is 11.0. The molecule has 0 spiro atoms. The van der Waals surface area contributed by atoms with E-state index in [0.717, 1.165) is 16.6 Å². The van der Waals surface area contributed by atoms with Crippen molar-refractivity contribution in [3.63, 3.8) is 0 Å². The maximum atomic E-state index is 12.3. The van der Waals surface area contributed by atoms with Crippen LogP contribution in [0.4, 0.5) is 5.95 Å². The summed E-state index contributed by atoms with van der Waals surface area (Å²) in [6.07, 6.45) is 0.135. The minimum Gasteiger partial charge on any atom is -0.441 e. The number of oxazole rings is 1. The van der Waals surface area contributed by atoms with Gasteiger partial charge in [0.15, 0.2) is 0 Å². The van der Waals surface area contributed by atoms with Crippen LogP contribution in [0.5, 0.6) is 0 Å². The first-order valence-corrected chi connectivity index (χ1v) is 8.37. The molecular formula is C17H14N4O2S. The monoisotopic (exact) mass is 338 g/mol. The molecule has 6 nitrogen and oxygen atoms in total. The molecule has 2 N–H and O–H groups in total. The van der Waals surface area contributed by atoms with E-state index in [9.17, 15) is 4.79 Å². The Bertz CT molecular complexity index is 968. The lowest BCUT2D eigenvalue weighted by Crippen LogP contribution is -2.16. The van der Waals surface area contributed by atoms with Crippen LogP contribution in [0.2, 0.25) is 0 Å². The van der Waals surface area contributed by atoms with Gasteiger partial charge in [-0.15, -0.1) is 0 Å². The van der Waals surface area contributed by atoms with Gasteiger partial charge in [-0.2, -0.15) is 11.3 Å². The predicted molar refractivity (Wildman–Crippen MR) is 93.0 cm³/mol. The highest BCUT2D eigenvalue weighted by molar-refractivity contribution is 7.08. The number of hydrogen-bond donors (Lipinski definition) is 2. The van der Waals surface area contributed by atoms with Crippen LogP contribution in [0.3, 0.4) is 0 Å². The van der Waals surface area contributed by atoms with Crippen LogP contribution < -0.4 is 5.32 Å². The number of benzene rings is 1. The van der Waals surface area contributed by atoms with Gasteiger partial charge in [0.05, 0.1) is 23.1 Å². The van der Waals surface area contributed by atoms with Crippen LogP contribution in [0, 0.1) is 6.92 Å². The third-order valence-electron chi connectivity index (χ3n) is 3.64. The number of aromatic nitrogens is 3. The van der Waals surface area contributed by atoms with Crippen LogP contribution >= 0.6 is 11.3 Å². The quantitative estimate of drug-likeness (QED) is 0.593. The highest BCUT2D eigenvalue weighted by atomic mass is 32.1. The number of thiophene rings is 1. The van der Waals surface area contributed by atoms with Crippen molar-refractivity contribution < 1.29 is 9.21 Å². The molecule has 0 radical (unpaired) electrons. The standard InChI is InChI=1S/C17H14N4O2S/c1-10-14(18-16(23-10)11-6-7-24-9-11)8-15(22)21-17-19-12-4-2-3-5-13(12)20-17/h2-7,9H,8H2,1H3,(H2,19,20,21,22). The van der Waals surface area contributed by atoms with Gasteiger partial charge in [0, 0.05) is 10.9 Å². The third-order valence-corrected chi connectivity index (χ3v) is 4.32. The number of rotatable bonds is 4. The zero-order valence-electron chi connectivity index (χ0n) is 12.9. The van der Waals surface area contributed by atoms with Gasteiger partial charge < -0.3 is 9.40 Å². The molecule has 1 aromatic carbocycles. The molecule has 0 saturated carbocycles. The maximum Gasteiger partial charge on any atom is 0.232 e. The summed E-state index contributed by atoms with van der Waals surface area (Å²) in [6, 6.07) is 9.55. The van der Waals surface area contributed by atoms with Crippen molar-refractivity contribution in [1.82, 2.24) is 15.0 Å². The zero-order valence-corrected chi connectivity index (χ0v) is 13.7. The van der Waals surface area contributed by atoms with E-state index in [-0.39, 0.29) is 12.3 Å². The van der Waals surface area contributed by atoms with E-state index in [1.807, 2.05) is 48.0 Å². The first-order chi connectivity index (χ1) is 11.7. The number of para-hydroxylation sites is 2. The molecule has 24 heavy (non-hydrogen) atoms. The first kappa shape index (κ1) is 14.6. The lowest BCUT2D eigenvalue weighted by Gasteiger charge is -1.99. The number of aromatic amines is 1. The number of nitrogens with one attached hydrogen (secondary N) is 2. The summed E-state index contributed by atoms with van der Waals surface area (Å²) in [4.78, 5) is 24.1. The Balaban J connectivity index is 1.50. The first-order valence-electron chi connectivity index (χ1n) is 7.42. The molecule has 0 aliphatic rings. The average molecular weight is 338 g/mol. The number of imidazole rings is 1. The van der Waals surface area contributed by atoms with E-state index in [0.29, 0.717) is 23.3 Å². The van der Waals surface area contributed by atoms with Crippen molar-refractivity contribution in [2.24, 2.45) is 0 Å². The number of carbonyl (C=O) groups excluding carboxylic acids is 1. The minimum atomic E-state index is -0.192. The molecule has 0 bridgehead atoms. The second-order valence-corrected chi connectivity index (χ2v) is 6.14. The van der Waals surface area contributed by atoms with Crippen LogP contribution in [0.25, 0.3) is 22.5 Å². The number of anilines is 1. The van der Waals surface area contributed by atoms with Crippen LogP contribution in [0.15, 0.2) is 45.5 Å². The number of H-pyrrole nitrogens is 1. The summed E-state index contributed by atoms with van der Waals surface area (Å²) >= 11 is 1.58. The number of aryl methyl sites for hydroxylation is 1. The SMILES string of the molecule is Cc1oc(-c2ccsc2)nc1CC(=O)Nc1nc2ccccc2[nH]1. The Hall–Kier alpha value is -2.93. The summed E-state index contributed by atoms with van der Waals surface area (Å²) in [5.41, 5.74) is 3.24. The fraction of sp³-hybridized carbons (Fsp3) is 0.118. The fourth-order valence-electron chi connectivity index (χ4n) is 2.44. The van der Waals surface area contributed by atoms with Crippen molar-refractivity contribution >= 4 is 34.2 Å². The highest BCUT2D eigenvalue weighted by Gasteiger charge is 2.16. The van der Waals surface area contributed by atoms with Crippen LogP contribution in [-0.4, -0.2) is 20.9 Å². The molecule has 0 unspecified atom stereocenters. The highest BCUT2D eigenvalue weighted by Crippen LogP contribution is 2.24. The van der Waals surface area contributed by atoms with E-state index in [1.165, 1.54) is 0 Å². The minimum absolute atomic E-state index is 0.135. The summed E-state index contributed by atoms with van der Waals surface area (Å²) in [7, 11) is 0. The van der Waals surface area contributed by atoms with Crippen LogP contribution in [-0.2, 0) is 11.2 Å². The molecule has 0 fully saturated rings. The molecule has 1 amide bonds. The molecule has 4 rings (SSSR count). The van der Waals surface area contributed by atoms with E-state index in [2.05, 4.69) is 20.3 Å². The summed E-state index contributed by atoms with van der Waals surface area (Å²) in [5.74, 6) is 1.43. The van der Waals surface area contributed by atoms with Gasteiger partial charge in [-0.3, -0.25) is 10.1 Å². The predicted octanol–water partition coefficient (Wildman–Crippen LogP) is 3.77.